The van der Waals surface area contributed by atoms with Gasteiger partial charge in [-0.3, -0.25) is 14.7 Å². The number of hydrogen-bond acceptors (Lipinski definition) is 5. The number of carbonyl (C=O) groups is 1. The predicted molar refractivity (Wildman–Crippen MR) is 113 cm³/mol. The third-order valence-corrected chi connectivity index (χ3v) is 5.51. The maximum atomic E-state index is 12.4. The van der Waals surface area contributed by atoms with Gasteiger partial charge in [-0.1, -0.05) is 0 Å². The molecule has 0 unspecified atom stereocenters. The zero-order valence-electron chi connectivity index (χ0n) is 17.4. The van der Waals surface area contributed by atoms with E-state index in [0.717, 1.165) is 43.1 Å². The SMILES string of the molecule is COc1ccc(CNC(=O)CC[C@H]2CCCN(Cc3ccncc3)C2)c(OC)c1. The number of likely N-dealkylation sites (tertiary alicyclic amines) is 1. The molecule has 2 aromatic rings. The summed E-state index contributed by atoms with van der Waals surface area (Å²) in [4.78, 5) is 18.9. The van der Waals surface area contributed by atoms with E-state index in [2.05, 4.69) is 27.3 Å². The summed E-state index contributed by atoms with van der Waals surface area (Å²) in [5, 5.41) is 3.02. The number of rotatable bonds is 9. The number of nitrogens with one attached hydrogen (secondary N) is 1. The molecule has 3 rings (SSSR count). The van der Waals surface area contributed by atoms with Gasteiger partial charge in [-0.2, -0.15) is 0 Å². The molecule has 29 heavy (non-hydrogen) atoms. The minimum atomic E-state index is 0.0918. The van der Waals surface area contributed by atoms with Gasteiger partial charge in [0.1, 0.15) is 11.5 Å². The number of piperidine rings is 1. The van der Waals surface area contributed by atoms with Crippen LogP contribution in [0.15, 0.2) is 42.7 Å². The molecule has 1 aliphatic heterocycles. The molecule has 0 saturated carbocycles. The monoisotopic (exact) mass is 397 g/mol. The van der Waals surface area contributed by atoms with Crippen molar-refractivity contribution < 1.29 is 14.3 Å². The highest BCUT2D eigenvalue weighted by Gasteiger charge is 2.20. The fraction of sp³-hybridized carbons (Fsp3) is 0.478. The summed E-state index contributed by atoms with van der Waals surface area (Å²) >= 11 is 0. The van der Waals surface area contributed by atoms with Crippen LogP contribution in [0, 0.1) is 5.92 Å². The fourth-order valence-electron chi connectivity index (χ4n) is 3.89. The molecule has 1 N–H and O–H groups in total. The van der Waals surface area contributed by atoms with E-state index in [1.54, 1.807) is 14.2 Å². The molecule has 6 heteroatoms. The molecule has 1 aliphatic rings. The summed E-state index contributed by atoms with van der Waals surface area (Å²) in [5.41, 5.74) is 2.25. The van der Waals surface area contributed by atoms with Crippen LogP contribution in [0.25, 0.3) is 0 Å². The highest BCUT2D eigenvalue weighted by Crippen LogP contribution is 2.25. The Hall–Kier alpha value is -2.60. The van der Waals surface area contributed by atoms with Gasteiger partial charge in [-0.15, -0.1) is 0 Å². The van der Waals surface area contributed by atoms with Crippen LogP contribution in [-0.4, -0.2) is 43.1 Å². The van der Waals surface area contributed by atoms with Crippen LogP contribution in [0.3, 0.4) is 0 Å². The van der Waals surface area contributed by atoms with E-state index in [1.165, 1.54) is 18.4 Å². The van der Waals surface area contributed by atoms with Crippen molar-refractivity contribution in [1.29, 1.82) is 0 Å². The molecule has 6 nitrogen and oxygen atoms in total. The van der Waals surface area contributed by atoms with Gasteiger partial charge in [0.15, 0.2) is 0 Å². The normalized spacial score (nSPS) is 17.0. The van der Waals surface area contributed by atoms with Gasteiger partial charge in [0.05, 0.1) is 14.2 Å². The molecule has 1 fully saturated rings. The standard InChI is InChI=1S/C23H31N3O3/c1-28-21-7-6-20(22(14-21)29-2)15-25-23(27)8-5-18-4-3-13-26(16-18)17-19-9-11-24-12-10-19/h6-7,9-12,14,18H,3-5,8,13,15-17H2,1-2H3,(H,25,27)/t18-/m1/s1. The molecule has 156 valence electrons. The van der Waals surface area contributed by atoms with Crippen LogP contribution in [0.5, 0.6) is 11.5 Å². The average molecular weight is 398 g/mol. The van der Waals surface area contributed by atoms with Crippen LogP contribution in [0.4, 0.5) is 0 Å². The maximum Gasteiger partial charge on any atom is 0.220 e. The molecular weight excluding hydrogens is 366 g/mol. The molecule has 1 aromatic carbocycles. The van der Waals surface area contributed by atoms with Crippen molar-refractivity contribution in [2.75, 3.05) is 27.3 Å². The number of hydrogen-bond donors (Lipinski definition) is 1. The van der Waals surface area contributed by atoms with Gasteiger partial charge in [0.25, 0.3) is 0 Å². The summed E-state index contributed by atoms with van der Waals surface area (Å²) in [5.74, 6) is 2.13. The Labute approximate surface area is 173 Å². The Kier molecular flexibility index (Phi) is 7.87. The van der Waals surface area contributed by atoms with E-state index in [4.69, 9.17) is 9.47 Å². The third-order valence-electron chi connectivity index (χ3n) is 5.51. The number of ether oxygens (including phenoxy) is 2. The predicted octanol–water partition coefficient (Wildman–Crippen LogP) is 3.41. The van der Waals surface area contributed by atoms with Crippen LogP contribution < -0.4 is 14.8 Å². The molecule has 1 atom stereocenters. The molecule has 0 bridgehead atoms. The van der Waals surface area contributed by atoms with Crippen LogP contribution in [0.2, 0.25) is 0 Å². The van der Waals surface area contributed by atoms with E-state index in [9.17, 15) is 4.79 Å². The number of amides is 1. The van der Waals surface area contributed by atoms with Gasteiger partial charge in [-0.05, 0) is 61.6 Å². The van der Waals surface area contributed by atoms with Gasteiger partial charge < -0.3 is 14.8 Å². The smallest absolute Gasteiger partial charge is 0.220 e. The molecule has 2 heterocycles. The van der Waals surface area contributed by atoms with Crippen molar-refractivity contribution in [1.82, 2.24) is 15.2 Å². The lowest BCUT2D eigenvalue weighted by Crippen LogP contribution is -2.35. The second-order valence-electron chi connectivity index (χ2n) is 7.59. The van der Waals surface area contributed by atoms with Gasteiger partial charge in [-0.25, -0.2) is 0 Å². The van der Waals surface area contributed by atoms with Crippen molar-refractivity contribution in [2.45, 2.75) is 38.8 Å². The molecule has 1 aromatic heterocycles. The number of carbonyl (C=O) groups excluding carboxylic acids is 1. The lowest BCUT2D eigenvalue weighted by Gasteiger charge is -2.32. The molecular formula is C23H31N3O3. The Balaban J connectivity index is 1.42. The molecule has 0 aliphatic carbocycles. The topological polar surface area (TPSA) is 63.7 Å². The zero-order chi connectivity index (χ0) is 20.5. The number of benzene rings is 1. The van der Waals surface area contributed by atoms with Gasteiger partial charge in [0, 0.05) is 50.1 Å². The van der Waals surface area contributed by atoms with E-state index in [0.29, 0.717) is 18.9 Å². The van der Waals surface area contributed by atoms with Crippen molar-refractivity contribution in [2.24, 2.45) is 5.92 Å². The third kappa shape index (κ3) is 6.46. The molecule has 1 saturated heterocycles. The minimum absolute atomic E-state index is 0.0918. The first kappa shape index (κ1) is 21.1. The highest BCUT2D eigenvalue weighted by molar-refractivity contribution is 5.75. The summed E-state index contributed by atoms with van der Waals surface area (Å²) in [6.07, 6.45) is 7.58. The van der Waals surface area contributed by atoms with Crippen molar-refractivity contribution in [3.63, 3.8) is 0 Å². The number of pyridine rings is 1. The Morgan fingerprint density at radius 2 is 2.03 bits per heavy atom. The van der Waals surface area contributed by atoms with E-state index >= 15 is 0 Å². The summed E-state index contributed by atoms with van der Waals surface area (Å²) in [7, 11) is 3.25. The van der Waals surface area contributed by atoms with E-state index in [-0.39, 0.29) is 5.91 Å². The second-order valence-corrected chi connectivity index (χ2v) is 7.59. The summed E-state index contributed by atoms with van der Waals surface area (Å²) in [6, 6.07) is 9.79. The van der Waals surface area contributed by atoms with Gasteiger partial charge in [0.2, 0.25) is 5.91 Å². The first-order chi connectivity index (χ1) is 14.2. The van der Waals surface area contributed by atoms with Crippen LogP contribution in [-0.2, 0) is 17.9 Å². The lowest BCUT2D eigenvalue weighted by molar-refractivity contribution is -0.121. The van der Waals surface area contributed by atoms with E-state index in [1.807, 2.05) is 30.6 Å². The van der Waals surface area contributed by atoms with Crippen molar-refractivity contribution in [3.05, 3.63) is 53.9 Å². The Morgan fingerprint density at radius 3 is 2.79 bits per heavy atom. The molecule has 1 amide bonds. The molecule has 0 radical (unpaired) electrons. The van der Waals surface area contributed by atoms with Crippen LogP contribution >= 0.6 is 0 Å². The quantitative estimate of drug-likeness (QED) is 0.703. The Morgan fingerprint density at radius 1 is 1.21 bits per heavy atom. The van der Waals surface area contributed by atoms with Crippen LogP contribution in [0.1, 0.15) is 36.8 Å². The van der Waals surface area contributed by atoms with E-state index < -0.39 is 0 Å². The van der Waals surface area contributed by atoms with Crippen molar-refractivity contribution >= 4 is 5.91 Å². The highest BCUT2D eigenvalue weighted by atomic mass is 16.5. The number of aromatic nitrogens is 1. The summed E-state index contributed by atoms with van der Waals surface area (Å²) in [6.45, 7) is 3.61. The summed E-state index contributed by atoms with van der Waals surface area (Å²) < 4.78 is 10.6. The fourth-order valence-corrected chi connectivity index (χ4v) is 3.89. The Bertz CT molecular complexity index is 782. The largest absolute Gasteiger partial charge is 0.497 e. The molecule has 0 spiro atoms. The first-order valence-corrected chi connectivity index (χ1v) is 10.3. The first-order valence-electron chi connectivity index (χ1n) is 10.3. The number of nitrogens with zero attached hydrogens (tertiary/aromatic N) is 2. The minimum Gasteiger partial charge on any atom is -0.497 e. The van der Waals surface area contributed by atoms with Gasteiger partial charge >= 0.3 is 0 Å². The second kappa shape index (κ2) is 10.8. The average Bonchev–Trinajstić information content (AvgIpc) is 2.77. The zero-order valence-corrected chi connectivity index (χ0v) is 17.4. The van der Waals surface area contributed by atoms with Crippen molar-refractivity contribution in [3.8, 4) is 11.5 Å². The lowest BCUT2D eigenvalue weighted by atomic mass is 9.93. The maximum absolute atomic E-state index is 12.4. The number of methoxy groups -OCH3 is 2.